The molecule has 4 nitrogen and oxygen atoms in total. The van der Waals surface area contributed by atoms with Crippen molar-refractivity contribution in [1.29, 1.82) is 0 Å². The molecule has 22 heavy (non-hydrogen) atoms. The number of pyridine rings is 1. The largest absolute Gasteiger partial charge is 0.470 e. The first-order chi connectivity index (χ1) is 10.7. The molecule has 1 saturated carbocycles. The highest BCUT2D eigenvalue weighted by molar-refractivity contribution is 7.99. The molecular formula is C17H16N2O2S. The zero-order valence-corrected chi connectivity index (χ0v) is 13.0. The number of amides is 1. The summed E-state index contributed by atoms with van der Waals surface area (Å²) in [5, 5.41) is 3.86. The van der Waals surface area contributed by atoms with Crippen molar-refractivity contribution in [3.63, 3.8) is 0 Å². The van der Waals surface area contributed by atoms with Gasteiger partial charge in [-0.2, -0.15) is 0 Å². The number of fused-ring (bicyclic) bond motifs is 1. The van der Waals surface area contributed by atoms with Crippen LogP contribution < -0.4 is 10.1 Å². The molecule has 0 aliphatic heterocycles. The van der Waals surface area contributed by atoms with Crippen molar-refractivity contribution in [3.8, 4) is 18.1 Å². The summed E-state index contributed by atoms with van der Waals surface area (Å²) in [7, 11) is 0. The van der Waals surface area contributed by atoms with Gasteiger partial charge >= 0.3 is 0 Å². The van der Waals surface area contributed by atoms with Crippen molar-refractivity contribution in [2.24, 2.45) is 0 Å². The molecule has 0 radical (unpaired) electrons. The van der Waals surface area contributed by atoms with Crippen LogP contribution in [0.5, 0.6) is 5.75 Å². The molecule has 1 fully saturated rings. The lowest BCUT2D eigenvalue weighted by molar-refractivity contribution is -0.124. The Morgan fingerprint density at radius 2 is 2.32 bits per heavy atom. The van der Waals surface area contributed by atoms with E-state index in [0.29, 0.717) is 11.8 Å². The van der Waals surface area contributed by atoms with Crippen molar-refractivity contribution in [3.05, 3.63) is 36.0 Å². The molecule has 0 saturated heterocycles. The first-order valence-corrected chi connectivity index (χ1v) is 8.34. The van der Waals surface area contributed by atoms with Gasteiger partial charge in [-0.25, -0.2) is 0 Å². The number of nitrogens with zero attached hydrogens (tertiary/aromatic N) is 1. The molecule has 5 heteroatoms. The second kappa shape index (κ2) is 6.29. The van der Waals surface area contributed by atoms with E-state index in [0.717, 1.165) is 29.3 Å². The molecule has 1 aromatic carbocycles. The lowest BCUT2D eigenvalue weighted by Crippen LogP contribution is -2.37. The van der Waals surface area contributed by atoms with Gasteiger partial charge in [-0.05, 0) is 43.4 Å². The van der Waals surface area contributed by atoms with Gasteiger partial charge in [0.15, 0.2) is 0 Å². The molecule has 1 unspecified atom stereocenters. The van der Waals surface area contributed by atoms with Gasteiger partial charge in [0.1, 0.15) is 5.75 Å². The summed E-state index contributed by atoms with van der Waals surface area (Å²) >= 11 is 1.37. The number of benzene rings is 1. The van der Waals surface area contributed by atoms with Gasteiger partial charge in [-0.1, -0.05) is 5.92 Å². The Kier molecular flexibility index (Phi) is 4.21. The highest BCUT2D eigenvalue weighted by Gasteiger charge is 2.28. The highest BCUT2D eigenvalue weighted by Crippen LogP contribution is 2.24. The number of carbonyl (C=O) groups excluding carboxylic acids is 1. The molecule has 1 aromatic heterocycles. The Labute approximate surface area is 133 Å². The molecule has 0 spiro atoms. The fourth-order valence-electron chi connectivity index (χ4n) is 2.09. The second-order valence-electron chi connectivity index (χ2n) is 5.19. The third-order valence-electron chi connectivity index (χ3n) is 3.41. The van der Waals surface area contributed by atoms with Crippen molar-refractivity contribution in [2.45, 2.75) is 24.3 Å². The molecule has 1 atom stereocenters. The maximum Gasteiger partial charge on any atom is 0.271 e. The molecule has 1 amide bonds. The molecule has 2 aromatic rings. The molecule has 112 valence electrons. The lowest BCUT2D eigenvalue weighted by Gasteiger charge is -2.16. The molecule has 0 bridgehead atoms. The van der Waals surface area contributed by atoms with Gasteiger partial charge in [0, 0.05) is 23.2 Å². The standard InChI is InChI=1S/C17H16N2O2S/c1-3-11-8-12-9-14(6-7-15(12)18-10-11)21-17(22-2)16(20)19-13-4-5-13/h1,6-10,13,17H,4-5H2,2H3,(H,19,20). The Morgan fingerprint density at radius 3 is 3.00 bits per heavy atom. The number of rotatable bonds is 5. The number of nitrogens with one attached hydrogen (secondary N) is 1. The lowest BCUT2D eigenvalue weighted by atomic mass is 10.1. The third-order valence-corrected chi connectivity index (χ3v) is 4.15. The van der Waals surface area contributed by atoms with E-state index in [4.69, 9.17) is 11.2 Å². The summed E-state index contributed by atoms with van der Waals surface area (Å²) in [6.07, 6.45) is 11.0. The Bertz CT molecular complexity index is 750. The number of carbonyl (C=O) groups is 1. The Balaban J connectivity index is 1.79. The van der Waals surface area contributed by atoms with Gasteiger partial charge in [-0.15, -0.1) is 18.2 Å². The first-order valence-electron chi connectivity index (χ1n) is 7.06. The molecule has 1 aliphatic rings. The van der Waals surface area contributed by atoms with Crippen LogP contribution in [0.25, 0.3) is 10.9 Å². The molecule has 1 heterocycles. The predicted octanol–water partition coefficient (Wildman–Crippen LogP) is 2.56. The normalized spacial score (nSPS) is 15.1. The molecular weight excluding hydrogens is 296 g/mol. The van der Waals surface area contributed by atoms with Crippen molar-refractivity contribution in [2.75, 3.05) is 6.26 Å². The quantitative estimate of drug-likeness (QED) is 0.681. The van der Waals surface area contributed by atoms with Crippen LogP contribution in [0.3, 0.4) is 0 Å². The van der Waals surface area contributed by atoms with E-state index in [1.54, 1.807) is 6.20 Å². The summed E-state index contributed by atoms with van der Waals surface area (Å²) in [4.78, 5) is 16.4. The maximum absolute atomic E-state index is 12.1. The SMILES string of the molecule is C#Cc1cnc2ccc(OC(SC)C(=O)NC3CC3)cc2c1. The monoisotopic (exact) mass is 312 g/mol. The van der Waals surface area contributed by atoms with Gasteiger partial charge in [-0.3, -0.25) is 9.78 Å². The van der Waals surface area contributed by atoms with E-state index in [2.05, 4.69) is 16.2 Å². The van der Waals surface area contributed by atoms with Gasteiger partial charge in [0.25, 0.3) is 5.91 Å². The smallest absolute Gasteiger partial charge is 0.271 e. The van der Waals surface area contributed by atoms with Gasteiger partial charge in [0.2, 0.25) is 5.44 Å². The fraction of sp³-hybridized carbons (Fsp3) is 0.294. The van der Waals surface area contributed by atoms with Crippen LogP contribution in [0, 0.1) is 12.3 Å². The van der Waals surface area contributed by atoms with E-state index < -0.39 is 5.44 Å². The Morgan fingerprint density at radius 1 is 1.50 bits per heavy atom. The molecule has 1 N–H and O–H groups in total. The fourth-order valence-corrected chi connectivity index (χ4v) is 2.58. The van der Waals surface area contributed by atoms with Gasteiger partial charge < -0.3 is 10.1 Å². The van der Waals surface area contributed by atoms with Crippen LogP contribution >= 0.6 is 11.8 Å². The number of thioether (sulfide) groups is 1. The van der Waals surface area contributed by atoms with Gasteiger partial charge in [0.05, 0.1) is 5.52 Å². The number of hydrogen-bond donors (Lipinski definition) is 1. The minimum Gasteiger partial charge on any atom is -0.470 e. The van der Waals surface area contributed by atoms with Crippen molar-refractivity contribution < 1.29 is 9.53 Å². The summed E-state index contributed by atoms with van der Waals surface area (Å²) in [5.41, 5.74) is 1.01. The summed E-state index contributed by atoms with van der Waals surface area (Å²) in [6.45, 7) is 0. The van der Waals surface area contributed by atoms with Crippen LogP contribution in [-0.2, 0) is 4.79 Å². The molecule has 3 rings (SSSR count). The Hall–Kier alpha value is -2.19. The topological polar surface area (TPSA) is 51.2 Å². The average Bonchev–Trinajstić information content (AvgIpc) is 3.35. The van der Waals surface area contributed by atoms with Crippen molar-refractivity contribution >= 4 is 28.6 Å². The van der Waals surface area contributed by atoms with Crippen LogP contribution in [0.4, 0.5) is 0 Å². The number of ether oxygens (including phenoxy) is 1. The summed E-state index contributed by atoms with van der Waals surface area (Å²) < 4.78 is 5.81. The number of terminal acetylenes is 1. The highest BCUT2D eigenvalue weighted by atomic mass is 32.2. The van der Waals surface area contributed by atoms with E-state index in [-0.39, 0.29) is 5.91 Å². The zero-order chi connectivity index (χ0) is 15.5. The minimum absolute atomic E-state index is 0.0782. The zero-order valence-electron chi connectivity index (χ0n) is 12.2. The maximum atomic E-state index is 12.1. The van der Waals surface area contributed by atoms with E-state index in [9.17, 15) is 4.79 Å². The summed E-state index contributed by atoms with van der Waals surface area (Å²) in [5.74, 6) is 3.12. The predicted molar refractivity (Wildman–Crippen MR) is 88.8 cm³/mol. The molecule has 1 aliphatic carbocycles. The van der Waals surface area contributed by atoms with E-state index in [1.165, 1.54) is 11.8 Å². The number of aromatic nitrogens is 1. The second-order valence-corrected chi connectivity index (χ2v) is 6.09. The van der Waals surface area contributed by atoms with Crippen LogP contribution in [-0.4, -0.2) is 28.6 Å². The van der Waals surface area contributed by atoms with Crippen LogP contribution in [0.2, 0.25) is 0 Å². The van der Waals surface area contributed by atoms with Crippen LogP contribution in [0.15, 0.2) is 30.5 Å². The van der Waals surface area contributed by atoms with E-state index >= 15 is 0 Å². The average molecular weight is 312 g/mol. The third kappa shape index (κ3) is 3.34. The minimum atomic E-state index is -0.554. The summed E-state index contributed by atoms with van der Waals surface area (Å²) in [6, 6.07) is 7.74. The first kappa shape index (κ1) is 14.7. The van der Waals surface area contributed by atoms with Crippen molar-refractivity contribution in [1.82, 2.24) is 10.3 Å². The van der Waals surface area contributed by atoms with Crippen LogP contribution in [0.1, 0.15) is 18.4 Å². The van der Waals surface area contributed by atoms with E-state index in [1.807, 2.05) is 30.5 Å². The number of hydrogen-bond acceptors (Lipinski definition) is 4.